The predicted octanol–water partition coefficient (Wildman–Crippen LogP) is 2.94. The Bertz CT molecular complexity index is 552. The SMILES string of the molecule is Cl.Cl.Cn1c(CCN)cc2cc(C(F)(F)F)cnc21. The van der Waals surface area contributed by atoms with Crippen LogP contribution < -0.4 is 5.73 Å². The molecule has 3 nitrogen and oxygen atoms in total. The van der Waals surface area contributed by atoms with Gasteiger partial charge in [-0.1, -0.05) is 0 Å². The zero-order valence-electron chi connectivity index (χ0n) is 10.1. The lowest BCUT2D eigenvalue weighted by atomic mass is 10.2. The van der Waals surface area contributed by atoms with Crippen LogP contribution >= 0.6 is 24.8 Å². The first-order chi connectivity index (χ1) is 7.93. The van der Waals surface area contributed by atoms with Gasteiger partial charge in [-0.2, -0.15) is 13.2 Å². The molecule has 19 heavy (non-hydrogen) atoms. The van der Waals surface area contributed by atoms with Crippen molar-refractivity contribution in [2.75, 3.05) is 6.54 Å². The van der Waals surface area contributed by atoms with Crippen molar-refractivity contribution in [2.45, 2.75) is 12.6 Å². The number of halogens is 5. The van der Waals surface area contributed by atoms with Crippen LogP contribution in [0.25, 0.3) is 11.0 Å². The smallest absolute Gasteiger partial charge is 0.333 e. The molecule has 0 bridgehead atoms. The number of fused-ring (bicyclic) bond motifs is 1. The van der Waals surface area contributed by atoms with Crippen LogP contribution in [-0.2, 0) is 19.6 Å². The first-order valence-electron chi connectivity index (χ1n) is 5.15. The topological polar surface area (TPSA) is 43.8 Å². The van der Waals surface area contributed by atoms with Crippen molar-refractivity contribution < 1.29 is 13.2 Å². The molecule has 2 heterocycles. The summed E-state index contributed by atoms with van der Waals surface area (Å²) in [5.41, 5.74) is 6.14. The molecule has 0 saturated heterocycles. The standard InChI is InChI=1S/C11H12F3N3.2ClH/c1-17-9(2-3-15)5-7-4-8(11(12,13)14)6-16-10(7)17;;/h4-6H,2-3,15H2,1H3;2*1H. The van der Waals surface area contributed by atoms with Gasteiger partial charge in [0, 0.05) is 24.3 Å². The largest absolute Gasteiger partial charge is 0.417 e. The van der Waals surface area contributed by atoms with Gasteiger partial charge in [0.05, 0.1) is 5.56 Å². The number of hydrogen-bond acceptors (Lipinski definition) is 2. The molecule has 8 heteroatoms. The molecule has 0 amide bonds. The second-order valence-corrected chi connectivity index (χ2v) is 3.87. The lowest BCUT2D eigenvalue weighted by Gasteiger charge is -2.06. The molecule has 2 aromatic heterocycles. The van der Waals surface area contributed by atoms with Gasteiger partial charge in [-0.05, 0) is 25.1 Å². The highest BCUT2D eigenvalue weighted by atomic mass is 35.5. The van der Waals surface area contributed by atoms with Gasteiger partial charge in [0.1, 0.15) is 5.65 Å². The Morgan fingerprint density at radius 1 is 1.26 bits per heavy atom. The van der Waals surface area contributed by atoms with Gasteiger partial charge in [0.2, 0.25) is 0 Å². The average molecular weight is 316 g/mol. The van der Waals surface area contributed by atoms with E-state index >= 15 is 0 Å². The first kappa shape index (κ1) is 18.0. The zero-order valence-corrected chi connectivity index (χ0v) is 11.7. The third-order valence-electron chi connectivity index (χ3n) is 2.69. The zero-order chi connectivity index (χ0) is 12.6. The number of hydrogen-bond donors (Lipinski definition) is 1. The van der Waals surface area contributed by atoms with Crippen molar-refractivity contribution in [3.05, 3.63) is 29.6 Å². The molecule has 0 fully saturated rings. The Morgan fingerprint density at radius 3 is 2.42 bits per heavy atom. The Balaban J connectivity index is 0.00000162. The second kappa shape index (κ2) is 6.45. The van der Waals surface area contributed by atoms with Crippen molar-refractivity contribution in [2.24, 2.45) is 12.8 Å². The van der Waals surface area contributed by atoms with Crippen LogP contribution in [0.1, 0.15) is 11.3 Å². The predicted molar refractivity (Wildman–Crippen MR) is 73.0 cm³/mol. The molecule has 0 atom stereocenters. The fraction of sp³-hybridized carbons (Fsp3) is 0.364. The Kier molecular flexibility index (Phi) is 6.12. The number of pyridine rings is 1. The van der Waals surface area contributed by atoms with E-state index in [0.29, 0.717) is 24.0 Å². The Labute approximate surface area is 120 Å². The number of rotatable bonds is 2. The van der Waals surface area contributed by atoms with Crippen LogP contribution in [0, 0.1) is 0 Å². The summed E-state index contributed by atoms with van der Waals surface area (Å²) in [7, 11) is 1.77. The van der Waals surface area contributed by atoms with Crippen LogP contribution in [0.3, 0.4) is 0 Å². The summed E-state index contributed by atoms with van der Waals surface area (Å²) in [5, 5.41) is 0.491. The molecule has 0 unspecified atom stereocenters. The molecule has 0 aliphatic rings. The van der Waals surface area contributed by atoms with Crippen LogP contribution in [0.4, 0.5) is 13.2 Å². The molecule has 2 rings (SSSR count). The first-order valence-corrected chi connectivity index (χ1v) is 5.15. The lowest BCUT2D eigenvalue weighted by molar-refractivity contribution is -0.137. The molecule has 0 radical (unpaired) electrons. The Morgan fingerprint density at radius 2 is 1.89 bits per heavy atom. The summed E-state index contributed by atoms with van der Waals surface area (Å²) in [4.78, 5) is 3.85. The van der Waals surface area contributed by atoms with Gasteiger partial charge in [-0.25, -0.2) is 4.98 Å². The highest BCUT2D eigenvalue weighted by Crippen LogP contribution is 2.31. The van der Waals surface area contributed by atoms with Crippen molar-refractivity contribution in [1.82, 2.24) is 9.55 Å². The average Bonchev–Trinajstić information content (AvgIpc) is 2.55. The summed E-state index contributed by atoms with van der Waals surface area (Å²) < 4.78 is 39.3. The molecule has 108 valence electrons. The molecular weight excluding hydrogens is 302 g/mol. The highest BCUT2D eigenvalue weighted by Gasteiger charge is 2.31. The van der Waals surface area contributed by atoms with E-state index in [1.165, 1.54) is 0 Å². The third kappa shape index (κ3) is 3.52. The fourth-order valence-electron chi connectivity index (χ4n) is 1.82. The lowest BCUT2D eigenvalue weighted by Crippen LogP contribution is -2.07. The number of alkyl halides is 3. The number of aryl methyl sites for hydroxylation is 1. The van der Waals surface area contributed by atoms with E-state index in [4.69, 9.17) is 5.73 Å². The van der Waals surface area contributed by atoms with Crippen molar-refractivity contribution in [3.63, 3.8) is 0 Å². The molecule has 0 spiro atoms. The van der Waals surface area contributed by atoms with E-state index in [2.05, 4.69) is 4.98 Å². The van der Waals surface area contributed by atoms with Crippen LogP contribution in [0.2, 0.25) is 0 Å². The maximum Gasteiger partial charge on any atom is 0.417 e. The van der Waals surface area contributed by atoms with Gasteiger partial charge in [0.25, 0.3) is 0 Å². The molecule has 0 aliphatic carbocycles. The highest BCUT2D eigenvalue weighted by molar-refractivity contribution is 5.85. The van der Waals surface area contributed by atoms with E-state index in [-0.39, 0.29) is 24.8 Å². The molecule has 0 aliphatic heterocycles. The summed E-state index contributed by atoms with van der Waals surface area (Å²) in [5.74, 6) is 0. The maximum atomic E-state index is 12.5. The van der Waals surface area contributed by atoms with Crippen molar-refractivity contribution >= 4 is 35.8 Å². The van der Waals surface area contributed by atoms with Crippen LogP contribution in [0.5, 0.6) is 0 Å². The molecule has 0 aromatic carbocycles. The minimum Gasteiger partial charge on any atom is -0.333 e. The second-order valence-electron chi connectivity index (χ2n) is 3.87. The van der Waals surface area contributed by atoms with E-state index in [0.717, 1.165) is 18.0 Å². The van der Waals surface area contributed by atoms with Gasteiger partial charge >= 0.3 is 6.18 Å². The summed E-state index contributed by atoms with van der Waals surface area (Å²) in [6.07, 6.45) is -2.88. The molecule has 2 N–H and O–H groups in total. The van der Waals surface area contributed by atoms with Gasteiger partial charge in [-0.15, -0.1) is 24.8 Å². The third-order valence-corrected chi connectivity index (χ3v) is 2.69. The molecule has 2 aromatic rings. The molecular formula is C11H14Cl2F3N3. The monoisotopic (exact) mass is 315 g/mol. The fourth-order valence-corrected chi connectivity index (χ4v) is 1.82. The maximum absolute atomic E-state index is 12.5. The van der Waals surface area contributed by atoms with Gasteiger partial charge in [0.15, 0.2) is 0 Å². The number of aromatic nitrogens is 2. The Hall–Kier alpha value is -0.980. The van der Waals surface area contributed by atoms with E-state index in [9.17, 15) is 13.2 Å². The normalized spacial score (nSPS) is 11.0. The molecule has 0 saturated carbocycles. The minimum absolute atomic E-state index is 0. The van der Waals surface area contributed by atoms with Crippen LogP contribution in [-0.4, -0.2) is 16.1 Å². The van der Waals surface area contributed by atoms with Gasteiger partial charge < -0.3 is 10.3 Å². The van der Waals surface area contributed by atoms with Crippen molar-refractivity contribution in [3.8, 4) is 0 Å². The van der Waals surface area contributed by atoms with Crippen molar-refractivity contribution in [1.29, 1.82) is 0 Å². The quantitative estimate of drug-likeness (QED) is 0.926. The minimum atomic E-state index is -4.36. The summed E-state index contributed by atoms with van der Waals surface area (Å²) in [6, 6.07) is 2.81. The van der Waals surface area contributed by atoms with Crippen LogP contribution in [0.15, 0.2) is 18.3 Å². The summed E-state index contributed by atoms with van der Waals surface area (Å²) >= 11 is 0. The van der Waals surface area contributed by atoms with E-state index in [1.54, 1.807) is 17.7 Å². The van der Waals surface area contributed by atoms with Gasteiger partial charge in [-0.3, -0.25) is 0 Å². The van der Waals surface area contributed by atoms with E-state index in [1.807, 2.05) is 0 Å². The number of nitrogens with two attached hydrogens (primary N) is 1. The number of nitrogens with zero attached hydrogens (tertiary/aromatic N) is 2. The summed E-state index contributed by atoms with van der Waals surface area (Å²) in [6.45, 7) is 0.455. The van der Waals surface area contributed by atoms with E-state index < -0.39 is 11.7 Å².